The average Bonchev–Trinajstić information content (AvgIpc) is 3.27. The van der Waals surface area contributed by atoms with Gasteiger partial charge in [0.25, 0.3) is 0 Å². The van der Waals surface area contributed by atoms with Crippen LogP contribution in [-0.2, 0) is 41.5 Å². The summed E-state index contributed by atoms with van der Waals surface area (Å²) in [6.07, 6.45) is -2.79. The van der Waals surface area contributed by atoms with Gasteiger partial charge in [-0.25, -0.2) is 14.0 Å². The van der Waals surface area contributed by atoms with Crippen LogP contribution in [0.15, 0.2) is 77.6 Å². The van der Waals surface area contributed by atoms with Crippen molar-refractivity contribution in [2.75, 3.05) is 7.11 Å². The lowest BCUT2D eigenvalue weighted by molar-refractivity contribution is -0.197. The average molecular weight is 588 g/mol. The maximum Gasteiger partial charge on any atom is 0.416 e. The number of hydrogen-bond donors (Lipinski definition) is 1. The Labute approximate surface area is 238 Å². The number of alkyl halides is 3. The van der Waals surface area contributed by atoms with E-state index >= 15 is 0 Å². The highest BCUT2D eigenvalue weighted by Crippen LogP contribution is 2.29. The van der Waals surface area contributed by atoms with Crippen molar-refractivity contribution in [1.82, 2.24) is 14.3 Å². The first-order valence-electron chi connectivity index (χ1n) is 13.1. The van der Waals surface area contributed by atoms with Crippen LogP contribution in [-0.4, -0.2) is 38.3 Å². The molecule has 0 spiro atoms. The van der Waals surface area contributed by atoms with Crippen molar-refractivity contribution in [3.8, 4) is 11.4 Å². The first kappa shape index (κ1) is 30.5. The molecule has 0 aliphatic carbocycles. The van der Waals surface area contributed by atoms with Crippen molar-refractivity contribution in [3.05, 3.63) is 112 Å². The summed E-state index contributed by atoms with van der Waals surface area (Å²) in [7, 11) is 1.23. The summed E-state index contributed by atoms with van der Waals surface area (Å²) in [4.78, 5) is 24.7. The molecule has 1 unspecified atom stereocenters. The van der Waals surface area contributed by atoms with Crippen molar-refractivity contribution in [3.63, 3.8) is 0 Å². The monoisotopic (exact) mass is 587 g/mol. The minimum Gasteiger partial charge on any atom is -0.476 e. The van der Waals surface area contributed by atoms with Crippen molar-refractivity contribution in [2.45, 2.75) is 51.1 Å². The molecule has 8 nitrogen and oxygen atoms in total. The van der Waals surface area contributed by atoms with Crippen molar-refractivity contribution >= 4 is 5.97 Å². The molecule has 0 bridgehead atoms. The zero-order chi connectivity index (χ0) is 30.5. The van der Waals surface area contributed by atoms with E-state index in [-0.39, 0.29) is 18.7 Å². The number of carboxylic acid groups (broad SMARTS) is 1. The van der Waals surface area contributed by atoms with Gasteiger partial charge in [0.15, 0.2) is 0 Å². The Morgan fingerprint density at radius 2 is 1.62 bits per heavy atom. The molecule has 1 heterocycles. The van der Waals surface area contributed by atoms with Gasteiger partial charge in [0.05, 0.1) is 11.3 Å². The van der Waals surface area contributed by atoms with Gasteiger partial charge in [-0.2, -0.15) is 17.9 Å². The Bertz CT molecular complexity index is 1580. The van der Waals surface area contributed by atoms with E-state index in [4.69, 9.17) is 9.47 Å². The second-order valence-corrected chi connectivity index (χ2v) is 9.70. The van der Waals surface area contributed by atoms with E-state index in [2.05, 4.69) is 5.10 Å². The van der Waals surface area contributed by atoms with Crippen molar-refractivity contribution < 1.29 is 36.9 Å². The number of nitrogens with zero attached hydrogens (tertiary/aromatic N) is 3. The fraction of sp³-hybridized carbons (Fsp3) is 0.300. The van der Waals surface area contributed by atoms with Gasteiger partial charge in [0, 0.05) is 27.0 Å². The van der Waals surface area contributed by atoms with Crippen molar-refractivity contribution in [1.29, 1.82) is 0 Å². The number of rotatable bonds is 12. The van der Waals surface area contributed by atoms with E-state index in [1.807, 2.05) is 0 Å². The van der Waals surface area contributed by atoms with Crippen LogP contribution in [0.5, 0.6) is 5.75 Å². The topological polar surface area (TPSA) is 95.6 Å². The maximum absolute atomic E-state index is 14.2. The number of ether oxygens (including phenoxy) is 2. The SMILES string of the molecule is COC(C)(Oc1ccc(CCCc2nn(-c3ccc(C(F)(F)F)cc3)c(=O)n2CCc2ccccc2F)cc1)C(=O)O. The molecule has 222 valence electrons. The van der Waals surface area contributed by atoms with Gasteiger partial charge < -0.3 is 14.6 Å². The Hall–Kier alpha value is -4.45. The van der Waals surface area contributed by atoms with Crippen LogP contribution in [0.3, 0.4) is 0 Å². The summed E-state index contributed by atoms with van der Waals surface area (Å²) in [6.45, 7) is 1.42. The Morgan fingerprint density at radius 3 is 2.21 bits per heavy atom. The normalized spacial score (nSPS) is 13.1. The third-order valence-corrected chi connectivity index (χ3v) is 6.82. The van der Waals surface area contributed by atoms with Crippen molar-refractivity contribution in [2.24, 2.45) is 0 Å². The van der Waals surface area contributed by atoms with E-state index in [1.165, 1.54) is 36.8 Å². The summed E-state index contributed by atoms with van der Waals surface area (Å²) < 4.78 is 66.2. The molecule has 0 saturated heterocycles. The van der Waals surface area contributed by atoms with Crippen LogP contribution in [0, 0.1) is 5.82 Å². The van der Waals surface area contributed by atoms with E-state index in [0.717, 1.165) is 22.4 Å². The molecule has 12 heteroatoms. The van der Waals surface area contributed by atoms with Gasteiger partial charge >= 0.3 is 23.6 Å². The zero-order valence-electron chi connectivity index (χ0n) is 22.9. The molecular weight excluding hydrogens is 558 g/mol. The highest BCUT2D eigenvalue weighted by atomic mass is 19.4. The fourth-order valence-electron chi connectivity index (χ4n) is 4.31. The molecule has 0 fully saturated rings. The molecule has 3 aromatic carbocycles. The first-order chi connectivity index (χ1) is 19.9. The number of aromatic nitrogens is 3. The summed E-state index contributed by atoms with van der Waals surface area (Å²) in [5.74, 6) is -2.79. The predicted octanol–water partition coefficient (Wildman–Crippen LogP) is 5.44. The summed E-state index contributed by atoms with van der Waals surface area (Å²) >= 11 is 0. The number of methoxy groups -OCH3 is 1. The van der Waals surface area contributed by atoms with Gasteiger partial charge in [-0.3, -0.25) is 4.57 Å². The van der Waals surface area contributed by atoms with E-state index in [1.54, 1.807) is 42.5 Å². The van der Waals surface area contributed by atoms with Gasteiger partial charge in [-0.15, -0.1) is 5.10 Å². The highest BCUT2D eigenvalue weighted by molar-refractivity contribution is 5.75. The molecular formula is C30H29F4N3O5. The van der Waals surface area contributed by atoms with Gasteiger partial charge in [0.2, 0.25) is 0 Å². The van der Waals surface area contributed by atoms with Crippen LogP contribution < -0.4 is 10.4 Å². The minimum absolute atomic E-state index is 0.129. The molecule has 0 aliphatic rings. The molecule has 0 amide bonds. The van der Waals surface area contributed by atoms with E-state index in [0.29, 0.717) is 36.4 Å². The number of aliphatic carboxylic acids is 1. The number of benzene rings is 3. The largest absolute Gasteiger partial charge is 0.476 e. The highest BCUT2D eigenvalue weighted by Gasteiger charge is 2.35. The van der Waals surface area contributed by atoms with E-state index in [9.17, 15) is 32.3 Å². The summed E-state index contributed by atoms with van der Waals surface area (Å²) in [6, 6.07) is 17.2. The van der Waals surface area contributed by atoms with Crippen LogP contribution in [0.2, 0.25) is 0 Å². The van der Waals surface area contributed by atoms with Crippen LogP contribution >= 0.6 is 0 Å². The third kappa shape index (κ3) is 7.06. The fourth-order valence-corrected chi connectivity index (χ4v) is 4.31. The lowest BCUT2D eigenvalue weighted by atomic mass is 10.1. The number of hydrogen-bond acceptors (Lipinski definition) is 5. The molecule has 1 atom stereocenters. The Morgan fingerprint density at radius 1 is 0.952 bits per heavy atom. The van der Waals surface area contributed by atoms with Crippen LogP contribution in [0.25, 0.3) is 5.69 Å². The third-order valence-electron chi connectivity index (χ3n) is 6.82. The minimum atomic E-state index is -4.52. The molecule has 4 aromatic rings. The number of carboxylic acids is 1. The molecule has 4 rings (SSSR count). The zero-order valence-corrected chi connectivity index (χ0v) is 22.9. The van der Waals surface area contributed by atoms with Gasteiger partial charge in [-0.1, -0.05) is 30.3 Å². The lowest BCUT2D eigenvalue weighted by Crippen LogP contribution is -2.43. The molecule has 42 heavy (non-hydrogen) atoms. The van der Waals surface area contributed by atoms with Crippen LogP contribution in [0.1, 0.15) is 35.9 Å². The summed E-state index contributed by atoms with van der Waals surface area (Å²) in [5.41, 5.74) is 0.137. The number of aryl methyl sites for hydroxylation is 3. The molecule has 1 N–H and O–H groups in total. The Balaban J connectivity index is 1.52. The first-order valence-corrected chi connectivity index (χ1v) is 13.1. The number of carbonyl (C=O) groups is 1. The van der Waals surface area contributed by atoms with Gasteiger partial charge in [-0.05, 0) is 72.9 Å². The number of halogens is 4. The Kier molecular flexibility index (Phi) is 9.15. The predicted molar refractivity (Wildman–Crippen MR) is 145 cm³/mol. The maximum atomic E-state index is 14.2. The second-order valence-electron chi connectivity index (χ2n) is 9.70. The standard InChI is InChI=1S/C30H29F4N3O5/c1-29(41-2,27(38)39)42-24-16-10-20(11-17-24)6-5-9-26-35-37(23-14-12-22(13-15-23)30(32,33)34)28(40)36(26)19-18-21-7-3-4-8-25(21)31/h3-4,7-8,10-17H,5-6,9,18-19H2,1-2H3,(H,38,39). The molecule has 1 aromatic heterocycles. The van der Waals surface area contributed by atoms with Gasteiger partial charge in [0.1, 0.15) is 17.4 Å². The lowest BCUT2D eigenvalue weighted by Gasteiger charge is -2.24. The second kappa shape index (κ2) is 12.6. The van der Waals surface area contributed by atoms with Crippen LogP contribution in [0.4, 0.5) is 17.6 Å². The quantitative estimate of drug-likeness (QED) is 0.175. The summed E-state index contributed by atoms with van der Waals surface area (Å²) in [5, 5.41) is 13.7. The van der Waals surface area contributed by atoms with E-state index < -0.39 is 35.0 Å². The molecule has 0 radical (unpaired) electrons. The molecule has 0 aliphatic heterocycles. The molecule has 0 saturated carbocycles. The smallest absolute Gasteiger partial charge is 0.416 e.